The van der Waals surface area contributed by atoms with Gasteiger partial charge in [0.25, 0.3) is 0 Å². The van der Waals surface area contributed by atoms with Crippen LogP contribution >= 0.6 is 0 Å². The monoisotopic (exact) mass is 383 g/mol. The summed E-state index contributed by atoms with van der Waals surface area (Å²) >= 11 is 0. The maximum Gasteiger partial charge on any atom is 0.227 e. The molecule has 0 bridgehead atoms. The van der Waals surface area contributed by atoms with E-state index in [0.717, 1.165) is 37.8 Å². The minimum atomic E-state index is -0.112. The van der Waals surface area contributed by atoms with Crippen LogP contribution < -0.4 is 0 Å². The molecule has 1 atom stereocenters. The molecule has 1 saturated carbocycles. The van der Waals surface area contributed by atoms with Crippen molar-refractivity contribution in [2.45, 2.75) is 32.1 Å². The lowest BCUT2D eigenvalue weighted by Gasteiger charge is -2.39. The fraction of sp³-hybridized carbons (Fsp3) is 0.591. The van der Waals surface area contributed by atoms with E-state index in [0.29, 0.717) is 39.1 Å². The van der Waals surface area contributed by atoms with Crippen molar-refractivity contribution in [3.05, 3.63) is 35.9 Å². The molecule has 3 fully saturated rings. The molecular weight excluding hydrogens is 354 g/mol. The summed E-state index contributed by atoms with van der Waals surface area (Å²) in [7, 11) is 0. The Morgan fingerprint density at radius 1 is 0.750 bits per heavy atom. The average molecular weight is 383 g/mol. The quantitative estimate of drug-likeness (QED) is 0.793. The fourth-order valence-electron chi connectivity index (χ4n) is 4.28. The summed E-state index contributed by atoms with van der Waals surface area (Å²) in [4.78, 5) is 43.5. The first-order valence-electron chi connectivity index (χ1n) is 10.5. The van der Waals surface area contributed by atoms with E-state index in [9.17, 15) is 14.4 Å². The summed E-state index contributed by atoms with van der Waals surface area (Å²) in [6, 6.07) is 9.76. The molecule has 1 aromatic rings. The minimum Gasteiger partial charge on any atom is -0.342 e. The van der Waals surface area contributed by atoms with Crippen molar-refractivity contribution in [2.24, 2.45) is 11.8 Å². The second kappa shape index (κ2) is 8.33. The predicted molar refractivity (Wildman–Crippen MR) is 105 cm³/mol. The summed E-state index contributed by atoms with van der Waals surface area (Å²) in [5, 5.41) is 0. The highest BCUT2D eigenvalue weighted by Crippen LogP contribution is 2.31. The number of amides is 3. The normalized spacial score (nSPS) is 22.9. The zero-order chi connectivity index (χ0) is 19.5. The molecule has 3 amide bonds. The van der Waals surface area contributed by atoms with Gasteiger partial charge in [-0.3, -0.25) is 14.4 Å². The summed E-state index contributed by atoms with van der Waals surface area (Å²) < 4.78 is 0. The molecule has 0 aromatic heterocycles. The van der Waals surface area contributed by atoms with Gasteiger partial charge in [0.2, 0.25) is 17.7 Å². The topological polar surface area (TPSA) is 60.9 Å². The van der Waals surface area contributed by atoms with Crippen LogP contribution in [0.4, 0.5) is 0 Å². The van der Waals surface area contributed by atoms with Gasteiger partial charge in [-0.1, -0.05) is 30.3 Å². The molecule has 2 aliphatic heterocycles. The zero-order valence-corrected chi connectivity index (χ0v) is 16.4. The van der Waals surface area contributed by atoms with Gasteiger partial charge in [-0.25, -0.2) is 0 Å². The molecular formula is C22H29N3O3. The molecule has 28 heavy (non-hydrogen) atoms. The van der Waals surface area contributed by atoms with Crippen LogP contribution in [0.5, 0.6) is 0 Å². The van der Waals surface area contributed by atoms with Crippen LogP contribution in [-0.2, 0) is 20.8 Å². The van der Waals surface area contributed by atoms with E-state index in [2.05, 4.69) is 0 Å². The molecule has 1 aromatic carbocycles. The van der Waals surface area contributed by atoms with Gasteiger partial charge in [0.1, 0.15) is 0 Å². The minimum absolute atomic E-state index is 0.101. The van der Waals surface area contributed by atoms with Crippen LogP contribution in [0.15, 0.2) is 30.3 Å². The number of nitrogens with zero attached hydrogens (tertiary/aromatic N) is 3. The molecule has 1 unspecified atom stereocenters. The molecule has 2 heterocycles. The maximum absolute atomic E-state index is 13.0. The van der Waals surface area contributed by atoms with Crippen molar-refractivity contribution >= 4 is 17.7 Å². The number of piperidine rings is 1. The Hall–Kier alpha value is -2.37. The highest BCUT2D eigenvalue weighted by molar-refractivity contribution is 5.83. The maximum atomic E-state index is 13.0. The number of benzene rings is 1. The van der Waals surface area contributed by atoms with Crippen LogP contribution in [0.1, 0.15) is 31.2 Å². The Balaban J connectivity index is 1.28. The molecule has 6 nitrogen and oxygen atoms in total. The molecule has 0 N–H and O–H groups in total. The van der Waals surface area contributed by atoms with Gasteiger partial charge in [0.15, 0.2) is 0 Å². The van der Waals surface area contributed by atoms with Crippen LogP contribution in [0, 0.1) is 11.8 Å². The van der Waals surface area contributed by atoms with Gasteiger partial charge in [-0.2, -0.15) is 0 Å². The van der Waals surface area contributed by atoms with Crippen LogP contribution in [-0.4, -0.2) is 71.7 Å². The SMILES string of the molecule is O=C(Cc1ccccc1)N1CCCC(C(=O)N2CCN(C(=O)C3CC3)CC2)C1. The van der Waals surface area contributed by atoms with E-state index < -0.39 is 0 Å². The number of piperazine rings is 1. The standard InChI is InChI=1S/C22H29N3O3/c26-20(15-17-5-2-1-3-6-17)25-10-4-7-19(16-25)22(28)24-13-11-23(12-14-24)21(27)18-8-9-18/h1-3,5-6,18-19H,4,7-16H2. The molecule has 0 radical (unpaired) electrons. The second-order valence-corrected chi connectivity index (χ2v) is 8.27. The van der Waals surface area contributed by atoms with E-state index in [-0.39, 0.29) is 29.6 Å². The summed E-state index contributed by atoms with van der Waals surface area (Å²) in [5.74, 6) is 0.644. The Morgan fingerprint density at radius 3 is 1.96 bits per heavy atom. The first-order chi connectivity index (χ1) is 13.6. The van der Waals surface area contributed by atoms with Crippen molar-refractivity contribution in [2.75, 3.05) is 39.3 Å². The molecule has 3 aliphatic rings. The van der Waals surface area contributed by atoms with Gasteiger partial charge >= 0.3 is 0 Å². The zero-order valence-electron chi connectivity index (χ0n) is 16.4. The number of carbonyl (C=O) groups is 3. The fourth-order valence-corrected chi connectivity index (χ4v) is 4.28. The summed E-state index contributed by atoms with van der Waals surface area (Å²) in [5.41, 5.74) is 1.01. The van der Waals surface area contributed by atoms with Gasteiger partial charge in [0, 0.05) is 45.2 Å². The number of hydrogen-bond donors (Lipinski definition) is 0. The van der Waals surface area contributed by atoms with Crippen molar-refractivity contribution in [1.82, 2.24) is 14.7 Å². The smallest absolute Gasteiger partial charge is 0.227 e. The number of hydrogen-bond acceptors (Lipinski definition) is 3. The van der Waals surface area contributed by atoms with E-state index in [4.69, 9.17) is 0 Å². The van der Waals surface area contributed by atoms with Crippen LogP contribution in [0.25, 0.3) is 0 Å². The number of likely N-dealkylation sites (tertiary alicyclic amines) is 1. The van der Waals surface area contributed by atoms with E-state index in [1.54, 1.807) is 0 Å². The lowest BCUT2D eigenvalue weighted by atomic mass is 9.95. The predicted octanol–water partition coefficient (Wildman–Crippen LogP) is 1.55. The molecule has 6 heteroatoms. The van der Waals surface area contributed by atoms with E-state index >= 15 is 0 Å². The van der Waals surface area contributed by atoms with Gasteiger partial charge in [-0.05, 0) is 31.2 Å². The van der Waals surface area contributed by atoms with E-state index in [1.807, 2.05) is 45.0 Å². The second-order valence-electron chi connectivity index (χ2n) is 8.27. The van der Waals surface area contributed by atoms with Crippen molar-refractivity contribution < 1.29 is 14.4 Å². The average Bonchev–Trinajstić information content (AvgIpc) is 3.59. The Labute approximate surface area is 166 Å². The molecule has 0 spiro atoms. The third kappa shape index (κ3) is 4.37. The van der Waals surface area contributed by atoms with Gasteiger partial charge < -0.3 is 14.7 Å². The first kappa shape index (κ1) is 19.0. The largest absolute Gasteiger partial charge is 0.342 e. The highest BCUT2D eigenvalue weighted by atomic mass is 16.2. The van der Waals surface area contributed by atoms with Crippen molar-refractivity contribution in [3.8, 4) is 0 Å². The third-order valence-electron chi connectivity index (χ3n) is 6.15. The van der Waals surface area contributed by atoms with Gasteiger partial charge in [0.05, 0.1) is 12.3 Å². The Kier molecular flexibility index (Phi) is 5.64. The van der Waals surface area contributed by atoms with Crippen LogP contribution in [0.3, 0.4) is 0 Å². The summed E-state index contributed by atoms with van der Waals surface area (Å²) in [6.07, 6.45) is 4.15. The van der Waals surface area contributed by atoms with Crippen molar-refractivity contribution in [3.63, 3.8) is 0 Å². The lowest BCUT2D eigenvalue weighted by molar-refractivity contribution is -0.145. The molecule has 1 aliphatic carbocycles. The molecule has 2 saturated heterocycles. The first-order valence-corrected chi connectivity index (χ1v) is 10.5. The molecule has 4 rings (SSSR count). The summed E-state index contributed by atoms with van der Waals surface area (Å²) in [6.45, 7) is 3.78. The Morgan fingerprint density at radius 2 is 1.36 bits per heavy atom. The van der Waals surface area contributed by atoms with Crippen molar-refractivity contribution in [1.29, 1.82) is 0 Å². The molecule has 150 valence electrons. The number of carbonyl (C=O) groups excluding carboxylic acids is 3. The van der Waals surface area contributed by atoms with Crippen LogP contribution in [0.2, 0.25) is 0 Å². The van der Waals surface area contributed by atoms with Gasteiger partial charge in [-0.15, -0.1) is 0 Å². The Bertz CT molecular complexity index is 724. The highest BCUT2D eigenvalue weighted by Gasteiger charge is 2.37. The number of rotatable bonds is 4. The van der Waals surface area contributed by atoms with E-state index in [1.165, 1.54) is 0 Å². The third-order valence-corrected chi connectivity index (χ3v) is 6.15. The lowest BCUT2D eigenvalue weighted by Crippen LogP contribution is -2.54.